The molecule has 26 heavy (non-hydrogen) atoms. The zero-order valence-corrected chi connectivity index (χ0v) is 14.3. The Hall–Kier alpha value is -3.09. The second-order valence-corrected chi connectivity index (χ2v) is 6.45. The van der Waals surface area contributed by atoms with Crippen LogP contribution in [-0.4, -0.2) is 28.8 Å². The highest BCUT2D eigenvalue weighted by Gasteiger charge is 2.21. The number of fused-ring (bicyclic) bond motifs is 1. The van der Waals surface area contributed by atoms with E-state index in [1.54, 1.807) is 0 Å². The molecule has 128 valence electrons. The van der Waals surface area contributed by atoms with E-state index in [2.05, 4.69) is 49.9 Å². The van der Waals surface area contributed by atoms with Gasteiger partial charge in [-0.3, -0.25) is 0 Å². The van der Waals surface area contributed by atoms with Crippen molar-refractivity contribution >= 4 is 31.2 Å². The van der Waals surface area contributed by atoms with Gasteiger partial charge in [0.2, 0.25) is 17.8 Å². The number of hydrogen-bond donors (Lipinski definition) is 3. The lowest BCUT2D eigenvalue weighted by Gasteiger charge is -2.13. The normalized spacial score (nSPS) is 13.4. The van der Waals surface area contributed by atoms with Crippen molar-refractivity contribution in [1.82, 2.24) is 15.0 Å². The molecule has 0 aliphatic heterocycles. The van der Waals surface area contributed by atoms with Crippen molar-refractivity contribution in [2.75, 3.05) is 16.4 Å². The molecule has 1 heterocycles. The van der Waals surface area contributed by atoms with Crippen LogP contribution < -0.4 is 21.8 Å². The first-order valence-electron chi connectivity index (χ1n) is 8.59. The van der Waals surface area contributed by atoms with E-state index in [4.69, 9.17) is 13.6 Å². The largest absolute Gasteiger partial charge is 0.368 e. The Morgan fingerprint density at radius 3 is 2.27 bits per heavy atom. The summed E-state index contributed by atoms with van der Waals surface area (Å²) in [4.78, 5) is 12.8. The maximum Gasteiger partial charge on any atom is 0.229 e. The van der Waals surface area contributed by atoms with Crippen LogP contribution in [0.2, 0.25) is 0 Å². The lowest BCUT2D eigenvalue weighted by atomic mass is 9.95. The predicted octanol–water partition coefficient (Wildman–Crippen LogP) is 1.44. The number of aromatic nitrogens is 3. The maximum atomic E-state index is 5.85. The Kier molecular flexibility index (Phi) is 4.43. The number of nitrogen functional groups attached to an aromatic ring is 1. The molecule has 6 nitrogen and oxygen atoms in total. The number of hydrogen-bond acceptors (Lipinski definition) is 6. The SMILES string of the molecule is [B]c1ccc(CNc2nc(N)nc(NC3Cc4ccccc4C3)n2)cc1. The minimum Gasteiger partial charge on any atom is -0.368 e. The van der Waals surface area contributed by atoms with Crippen LogP contribution in [0.4, 0.5) is 17.8 Å². The van der Waals surface area contributed by atoms with Gasteiger partial charge in [-0.2, -0.15) is 15.0 Å². The van der Waals surface area contributed by atoms with Gasteiger partial charge in [0.05, 0.1) is 0 Å². The Morgan fingerprint density at radius 2 is 1.58 bits per heavy atom. The van der Waals surface area contributed by atoms with Crippen molar-refractivity contribution < 1.29 is 0 Å². The van der Waals surface area contributed by atoms with Crippen molar-refractivity contribution in [3.05, 3.63) is 65.2 Å². The third-order valence-corrected chi connectivity index (χ3v) is 4.47. The number of nitrogens with one attached hydrogen (secondary N) is 2. The van der Waals surface area contributed by atoms with Gasteiger partial charge >= 0.3 is 0 Å². The van der Waals surface area contributed by atoms with Crippen LogP contribution in [0.1, 0.15) is 16.7 Å². The lowest BCUT2D eigenvalue weighted by molar-refractivity contribution is 0.760. The molecule has 1 aliphatic rings. The summed E-state index contributed by atoms with van der Waals surface area (Å²) >= 11 is 0. The molecular formula is C19H19BN6. The van der Waals surface area contributed by atoms with Crippen molar-refractivity contribution in [2.24, 2.45) is 0 Å². The van der Waals surface area contributed by atoms with Gasteiger partial charge in [0.25, 0.3) is 0 Å². The third kappa shape index (κ3) is 3.77. The summed E-state index contributed by atoms with van der Waals surface area (Å²) in [6.07, 6.45) is 1.91. The molecule has 1 aliphatic carbocycles. The Balaban J connectivity index is 1.42. The number of anilines is 3. The number of benzene rings is 2. The second-order valence-electron chi connectivity index (χ2n) is 6.45. The van der Waals surface area contributed by atoms with Crippen molar-refractivity contribution in [3.8, 4) is 0 Å². The quantitative estimate of drug-likeness (QED) is 0.608. The van der Waals surface area contributed by atoms with Gasteiger partial charge in [-0.25, -0.2) is 0 Å². The Morgan fingerprint density at radius 1 is 0.923 bits per heavy atom. The fourth-order valence-corrected chi connectivity index (χ4v) is 3.20. The van der Waals surface area contributed by atoms with E-state index in [1.807, 2.05) is 24.3 Å². The van der Waals surface area contributed by atoms with Crippen LogP contribution in [0, 0.1) is 0 Å². The van der Waals surface area contributed by atoms with Crippen molar-refractivity contribution in [1.29, 1.82) is 0 Å². The zero-order chi connectivity index (χ0) is 17.9. The molecule has 0 saturated carbocycles. The highest BCUT2D eigenvalue weighted by Crippen LogP contribution is 2.23. The molecule has 0 atom stereocenters. The molecule has 0 spiro atoms. The van der Waals surface area contributed by atoms with Gasteiger partial charge in [0, 0.05) is 12.6 Å². The minimum absolute atomic E-state index is 0.192. The number of rotatable bonds is 5. The van der Waals surface area contributed by atoms with Crippen molar-refractivity contribution in [3.63, 3.8) is 0 Å². The van der Waals surface area contributed by atoms with Gasteiger partial charge < -0.3 is 16.4 Å². The van der Waals surface area contributed by atoms with Gasteiger partial charge in [-0.15, -0.1) is 0 Å². The summed E-state index contributed by atoms with van der Waals surface area (Å²) in [6.45, 7) is 0.581. The minimum atomic E-state index is 0.192. The van der Waals surface area contributed by atoms with Crippen LogP contribution in [-0.2, 0) is 19.4 Å². The van der Waals surface area contributed by atoms with Crippen LogP contribution in [0.25, 0.3) is 0 Å². The number of nitrogens with zero attached hydrogens (tertiary/aromatic N) is 3. The monoisotopic (exact) mass is 342 g/mol. The zero-order valence-electron chi connectivity index (χ0n) is 14.3. The van der Waals surface area contributed by atoms with E-state index in [9.17, 15) is 0 Å². The summed E-state index contributed by atoms with van der Waals surface area (Å²) in [5.41, 5.74) is 10.4. The van der Waals surface area contributed by atoms with E-state index in [1.165, 1.54) is 11.1 Å². The first-order chi connectivity index (χ1) is 12.7. The maximum absolute atomic E-state index is 5.85. The molecule has 2 radical (unpaired) electrons. The molecule has 7 heteroatoms. The van der Waals surface area contributed by atoms with E-state index >= 15 is 0 Å². The molecule has 3 aromatic rings. The Labute approximate surface area is 153 Å². The van der Waals surface area contributed by atoms with Crippen LogP contribution >= 0.6 is 0 Å². The van der Waals surface area contributed by atoms with Crippen LogP contribution in [0.15, 0.2) is 48.5 Å². The van der Waals surface area contributed by atoms with Gasteiger partial charge in [-0.1, -0.05) is 54.0 Å². The number of nitrogens with two attached hydrogens (primary N) is 1. The molecule has 0 fully saturated rings. The summed E-state index contributed by atoms with van der Waals surface area (Å²) < 4.78 is 0. The molecule has 4 N–H and O–H groups in total. The van der Waals surface area contributed by atoms with Gasteiger partial charge in [-0.05, 0) is 29.5 Å². The average Bonchev–Trinajstić information content (AvgIpc) is 3.03. The van der Waals surface area contributed by atoms with E-state index in [0.717, 1.165) is 23.9 Å². The molecule has 0 bridgehead atoms. The molecule has 0 amide bonds. The summed E-state index contributed by atoms with van der Waals surface area (Å²) in [6, 6.07) is 16.4. The highest BCUT2D eigenvalue weighted by atomic mass is 15.2. The first-order valence-corrected chi connectivity index (χ1v) is 8.59. The smallest absolute Gasteiger partial charge is 0.229 e. The molecule has 4 rings (SSSR count). The predicted molar refractivity (Wildman–Crippen MR) is 105 cm³/mol. The van der Waals surface area contributed by atoms with Gasteiger partial charge in [0.15, 0.2) is 0 Å². The first kappa shape index (κ1) is 16.4. The van der Waals surface area contributed by atoms with E-state index in [0.29, 0.717) is 18.4 Å². The highest BCUT2D eigenvalue weighted by molar-refractivity contribution is 6.32. The summed E-state index contributed by atoms with van der Waals surface area (Å²) in [7, 11) is 5.70. The second kappa shape index (κ2) is 7.03. The molecule has 2 aromatic carbocycles. The lowest BCUT2D eigenvalue weighted by Crippen LogP contribution is -2.22. The molecule has 0 saturated heterocycles. The van der Waals surface area contributed by atoms with Crippen LogP contribution in [0.5, 0.6) is 0 Å². The average molecular weight is 342 g/mol. The summed E-state index contributed by atoms with van der Waals surface area (Å²) in [5.74, 6) is 1.14. The standard InChI is InChI=1S/C19H19BN6/c20-15-7-5-12(6-8-15)11-22-18-24-17(21)25-19(26-18)23-16-9-13-3-1-2-4-14(13)10-16/h1-8,16H,9-11H2,(H4,21,22,23,24,25,26). The van der Waals surface area contributed by atoms with Gasteiger partial charge in [0.1, 0.15) is 7.85 Å². The van der Waals surface area contributed by atoms with Crippen molar-refractivity contribution in [2.45, 2.75) is 25.4 Å². The fourth-order valence-electron chi connectivity index (χ4n) is 3.20. The van der Waals surface area contributed by atoms with E-state index in [-0.39, 0.29) is 12.0 Å². The summed E-state index contributed by atoms with van der Waals surface area (Å²) in [5, 5.41) is 6.56. The molecular weight excluding hydrogens is 323 g/mol. The van der Waals surface area contributed by atoms with E-state index < -0.39 is 0 Å². The Bertz CT molecular complexity index is 887. The molecule has 1 aromatic heterocycles. The topological polar surface area (TPSA) is 88.8 Å². The fraction of sp³-hybridized carbons (Fsp3) is 0.211. The third-order valence-electron chi connectivity index (χ3n) is 4.47. The molecule has 0 unspecified atom stereocenters. The van der Waals surface area contributed by atoms with Crippen LogP contribution in [0.3, 0.4) is 0 Å².